The van der Waals surface area contributed by atoms with Crippen molar-refractivity contribution in [2.24, 2.45) is 0 Å². The van der Waals surface area contributed by atoms with Crippen molar-refractivity contribution in [2.75, 3.05) is 4.90 Å². The van der Waals surface area contributed by atoms with Crippen LogP contribution in [0.1, 0.15) is 25.0 Å². The first kappa shape index (κ1) is 37.3. The molecule has 0 heterocycles. The molecule has 11 rings (SSSR count). The maximum Gasteiger partial charge on any atom is 0.0540 e. The number of hydrogen-bond acceptors (Lipinski definition) is 1. The van der Waals surface area contributed by atoms with Crippen molar-refractivity contribution in [3.63, 3.8) is 0 Å². The largest absolute Gasteiger partial charge is 0.310 e. The highest BCUT2D eigenvalue weighted by Crippen LogP contribution is 2.52. The van der Waals surface area contributed by atoms with Gasteiger partial charge >= 0.3 is 0 Å². The number of hydrogen-bond donors (Lipinski definition) is 0. The molecule has 1 nitrogen and oxygen atoms in total. The summed E-state index contributed by atoms with van der Waals surface area (Å²) in [7, 11) is 0. The molecule has 0 bridgehead atoms. The Morgan fingerprint density at radius 2 is 0.726 bits per heavy atom. The van der Waals surface area contributed by atoms with Crippen LogP contribution in [0.4, 0.5) is 17.1 Å². The van der Waals surface area contributed by atoms with Gasteiger partial charge in [-0.2, -0.15) is 0 Å². The van der Waals surface area contributed by atoms with Crippen molar-refractivity contribution >= 4 is 27.8 Å². The standard InChI is InChI=1S/C61H45N/c1-61(2)57-20-10-8-18-56(57)60-55(19-12-21-58(60)61)49-35-39-53(40-36-49)62(59-22-11-9-17-54(59)48-30-27-44(28-31-48)42-13-4-3-5-14-42)52-37-33-46(34-38-52)45-23-25-47(26-24-45)51-32-29-43-15-6-7-16-50(43)41-51/h3-41H,1-2H3. The predicted octanol–water partition coefficient (Wildman–Crippen LogP) is 17.0. The molecule has 10 aromatic rings. The van der Waals surface area contributed by atoms with E-state index in [1.165, 1.54) is 88.7 Å². The summed E-state index contributed by atoms with van der Waals surface area (Å²) >= 11 is 0. The van der Waals surface area contributed by atoms with Crippen molar-refractivity contribution in [3.05, 3.63) is 248 Å². The minimum atomic E-state index is -0.0485. The molecule has 10 aromatic carbocycles. The van der Waals surface area contributed by atoms with Crippen LogP contribution in [-0.4, -0.2) is 0 Å². The average molecular weight is 792 g/mol. The van der Waals surface area contributed by atoms with Gasteiger partial charge in [0.1, 0.15) is 0 Å². The van der Waals surface area contributed by atoms with E-state index in [1.807, 2.05) is 0 Å². The summed E-state index contributed by atoms with van der Waals surface area (Å²) in [6.07, 6.45) is 0. The lowest BCUT2D eigenvalue weighted by atomic mass is 9.82. The Morgan fingerprint density at radius 3 is 1.40 bits per heavy atom. The molecule has 0 saturated heterocycles. The van der Waals surface area contributed by atoms with Crippen LogP contribution < -0.4 is 4.90 Å². The van der Waals surface area contributed by atoms with Gasteiger partial charge in [0.15, 0.2) is 0 Å². The van der Waals surface area contributed by atoms with Gasteiger partial charge in [0, 0.05) is 22.4 Å². The molecular weight excluding hydrogens is 747 g/mol. The van der Waals surface area contributed by atoms with Crippen LogP contribution in [0.15, 0.2) is 237 Å². The first-order valence-electron chi connectivity index (χ1n) is 21.6. The zero-order valence-electron chi connectivity index (χ0n) is 35.0. The van der Waals surface area contributed by atoms with E-state index in [0.29, 0.717) is 0 Å². The topological polar surface area (TPSA) is 3.24 Å². The average Bonchev–Trinajstić information content (AvgIpc) is 3.58. The van der Waals surface area contributed by atoms with Crippen molar-refractivity contribution in [3.8, 4) is 66.8 Å². The molecule has 0 atom stereocenters. The van der Waals surface area contributed by atoms with Crippen LogP contribution in [0.5, 0.6) is 0 Å². The normalized spacial score (nSPS) is 12.5. The highest BCUT2D eigenvalue weighted by Gasteiger charge is 2.36. The Morgan fingerprint density at radius 1 is 0.290 bits per heavy atom. The van der Waals surface area contributed by atoms with Crippen LogP contribution in [0.25, 0.3) is 77.5 Å². The molecule has 1 aliphatic carbocycles. The summed E-state index contributed by atoms with van der Waals surface area (Å²) in [4.78, 5) is 2.41. The van der Waals surface area contributed by atoms with Gasteiger partial charge in [-0.05, 0) is 119 Å². The van der Waals surface area contributed by atoms with Crippen molar-refractivity contribution < 1.29 is 0 Å². The zero-order chi connectivity index (χ0) is 41.6. The molecule has 294 valence electrons. The van der Waals surface area contributed by atoms with Gasteiger partial charge in [-0.25, -0.2) is 0 Å². The smallest absolute Gasteiger partial charge is 0.0540 e. The minimum absolute atomic E-state index is 0.0485. The molecule has 0 N–H and O–H groups in total. The summed E-state index contributed by atoms with van der Waals surface area (Å²) in [5.41, 5.74) is 20.8. The van der Waals surface area contributed by atoms with Crippen LogP contribution in [0.3, 0.4) is 0 Å². The van der Waals surface area contributed by atoms with Crippen molar-refractivity contribution in [2.45, 2.75) is 19.3 Å². The lowest BCUT2D eigenvalue weighted by Crippen LogP contribution is -2.14. The van der Waals surface area contributed by atoms with Gasteiger partial charge in [0.25, 0.3) is 0 Å². The van der Waals surface area contributed by atoms with Gasteiger partial charge in [-0.1, -0.05) is 214 Å². The Kier molecular flexibility index (Phi) is 9.24. The number of para-hydroxylation sites is 1. The van der Waals surface area contributed by atoms with E-state index in [2.05, 4.69) is 255 Å². The van der Waals surface area contributed by atoms with E-state index < -0.39 is 0 Å². The number of benzene rings is 10. The summed E-state index contributed by atoms with van der Waals surface area (Å²) in [6.45, 7) is 4.70. The fourth-order valence-electron chi connectivity index (χ4n) is 9.62. The second-order valence-electron chi connectivity index (χ2n) is 16.9. The van der Waals surface area contributed by atoms with E-state index in [4.69, 9.17) is 0 Å². The van der Waals surface area contributed by atoms with Gasteiger partial charge in [0.2, 0.25) is 0 Å². The number of anilines is 3. The third-order valence-electron chi connectivity index (χ3n) is 12.9. The third-order valence-corrected chi connectivity index (χ3v) is 12.9. The molecule has 1 aliphatic rings. The molecule has 0 amide bonds. The van der Waals surface area contributed by atoms with Gasteiger partial charge < -0.3 is 4.90 Å². The molecule has 0 aliphatic heterocycles. The Hall–Kier alpha value is -7.74. The lowest BCUT2D eigenvalue weighted by molar-refractivity contribution is 0.660. The van der Waals surface area contributed by atoms with E-state index in [0.717, 1.165) is 17.1 Å². The fraction of sp³-hybridized carbons (Fsp3) is 0.0492. The van der Waals surface area contributed by atoms with Crippen molar-refractivity contribution in [1.82, 2.24) is 0 Å². The quantitative estimate of drug-likeness (QED) is 0.148. The maximum atomic E-state index is 2.41. The van der Waals surface area contributed by atoms with Crippen LogP contribution in [0.2, 0.25) is 0 Å². The molecule has 0 radical (unpaired) electrons. The Bertz CT molecular complexity index is 3210. The predicted molar refractivity (Wildman–Crippen MR) is 263 cm³/mol. The second-order valence-corrected chi connectivity index (χ2v) is 16.9. The number of rotatable bonds is 8. The van der Waals surface area contributed by atoms with Crippen molar-refractivity contribution in [1.29, 1.82) is 0 Å². The summed E-state index contributed by atoms with van der Waals surface area (Å²) < 4.78 is 0. The van der Waals surface area contributed by atoms with Gasteiger partial charge in [-0.15, -0.1) is 0 Å². The first-order chi connectivity index (χ1) is 30.5. The summed E-state index contributed by atoms with van der Waals surface area (Å²) in [5.74, 6) is 0. The summed E-state index contributed by atoms with van der Waals surface area (Å²) in [5, 5.41) is 2.52. The number of fused-ring (bicyclic) bond motifs is 4. The Labute approximate surface area is 364 Å². The molecule has 0 spiro atoms. The molecule has 0 unspecified atom stereocenters. The van der Waals surface area contributed by atoms with Gasteiger partial charge in [0.05, 0.1) is 5.69 Å². The lowest BCUT2D eigenvalue weighted by Gasteiger charge is -2.28. The SMILES string of the molecule is CC1(C)c2ccccc2-c2c(-c3ccc(N(c4ccc(-c5ccc(-c6ccc7ccccc7c6)cc5)cc4)c4ccccc4-c4ccc(-c5ccccc5)cc4)cc3)cccc21. The maximum absolute atomic E-state index is 2.41. The minimum Gasteiger partial charge on any atom is -0.310 e. The van der Waals surface area contributed by atoms with Gasteiger partial charge in [-0.3, -0.25) is 0 Å². The van der Waals surface area contributed by atoms with E-state index >= 15 is 0 Å². The highest BCUT2D eigenvalue weighted by molar-refractivity contribution is 5.94. The number of nitrogens with zero attached hydrogens (tertiary/aromatic N) is 1. The fourth-order valence-corrected chi connectivity index (χ4v) is 9.62. The van der Waals surface area contributed by atoms with E-state index in [-0.39, 0.29) is 5.41 Å². The van der Waals surface area contributed by atoms with Crippen LogP contribution in [-0.2, 0) is 5.41 Å². The molecule has 0 saturated carbocycles. The zero-order valence-corrected chi connectivity index (χ0v) is 35.0. The first-order valence-corrected chi connectivity index (χ1v) is 21.6. The summed E-state index contributed by atoms with van der Waals surface area (Å²) in [6, 6.07) is 86.5. The molecular formula is C61H45N. The second kappa shape index (κ2) is 15.4. The molecule has 0 fully saturated rings. The molecule has 1 heteroatoms. The monoisotopic (exact) mass is 791 g/mol. The van der Waals surface area contributed by atoms with Crippen LogP contribution in [0, 0.1) is 0 Å². The highest BCUT2D eigenvalue weighted by atomic mass is 15.1. The third kappa shape index (κ3) is 6.60. The molecule has 62 heavy (non-hydrogen) atoms. The molecule has 0 aromatic heterocycles. The van der Waals surface area contributed by atoms with E-state index in [9.17, 15) is 0 Å². The van der Waals surface area contributed by atoms with Crippen LogP contribution >= 0.6 is 0 Å². The van der Waals surface area contributed by atoms with E-state index in [1.54, 1.807) is 0 Å². The Balaban J connectivity index is 0.973.